The third-order valence-corrected chi connectivity index (χ3v) is 5.93. The number of thiophene rings is 1. The van der Waals surface area contributed by atoms with Crippen LogP contribution in [0, 0.1) is 13.8 Å². The van der Waals surface area contributed by atoms with Gasteiger partial charge < -0.3 is 10.0 Å². The highest BCUT2D eigenvalue weighted by atomic mass is 32.1. The van der Waals surface area contributed by atoms with Crippen LogP contribution < -0.4 is 0 Å². The molecule has 1 atom stereocenters. The second kappa shape index (κ2) is 8.09. The van der Waals surface area contributed by atoms with Crippen molar-refractivity contribution in [1.82, 2.24) is 4.90 Å². The van der Waals surface area contributed by atoms with Crippen molar-refractivity contribution < 1.29 is 14.7 Å². The summed E-state index contributed by atoms with van der Waals surface area (Å²) in [7, 11) is 0. The van der Waals surface area contributed by atoms with E-state index in [9.17, 15) is 14.7 Å². The number of rotatable bonds is 6. The van der Waals surface area contributed by atoms with Gasteiger partial charge in [-0.3, -0.25) is 9.59 Å². The Labute approximate surface area is 164 Å². The minimum absolute atomic E-state index is 0.0778. The summed E-state index contributed by atoms with van der Waals surface area (Å²) in [5.41, 5.74) is 2.68. The van der Waals surface area contributed by atoms with Crippen LogP contribution in [-0.4, -0.2) is 28.2 Å². The number of carbonyl (C=O) groups excluding carboxylic acids is 2. The molecule has 0 radical (unpaired) electrons. The molecule has 1 fully saturated rings. The summed E-state index contributed by atoms with van der Waals surface area (Å²) in [6.07, 6.45) is 2.88. The fraction of sp³-hybridized carbons (Fsp3) is 0.364. The van der Waals surface area contributed by atoms with Gasteiger partial charge in [0.2, 0.25) is 0 Å². The Hall–Kier alpha value is -2.40. The number of Topliss-reactive ketones (excluding diaryl/α,β-unsaturated/α-hetero) is 1. The third kappa shape index (κ3) is 3.69. The molecule has 27 heavy (non-hydrogen) atoms. The molecule has 1 aromatic carbocycles. The number of amides is 1. The van der Waals surface area contributed by atoms with Crippen LogP contribution in [0.25, 0.3) is 5.76 Å². The summed E-state index contributed by atoms with van der Waals surface area (Å²) in [5, 5.41) is 13.0. The first kappa shape index (κ1) is 19.4. The molecule has 0 aliphatic carbocycles. The van der Waals surface area contributed by atoms with Crippen LogP contribution in [0.15, 0.2) is 41.3 Å². The number of aliphatic hydroxyl groups excluding tert-OH is 1. The highest BCUT2D eigenvalue weighted by molar-refractivity contribution is 7.10. The second-order valence-electron chi connectivity index (χ2n) is 7.03. The molecule has 2 aromatic rings. The molecule has 142 valence electrons. The number of aryl methyl sites for hydroxylation is 2. The number of hydrogen-bond acceptors (Lipinski definition) is 4. The van der Waals surface area contributed by atoms with Crippen molar-refractivity contribution >= 4 is 28.8 Å². The lowest BCUT2D eigenvalue weighted by Crippen LogP contribution is -2.30. The first-order chi connectivity index (χ1) is 13.0. The lowest BCUT2D eigenvalue weighted by molar-refractivity contribution is -0.139. The molecule has 1 aliphatic rings. The molecule has 1 unspecified atom stereocenters. The van der Waals surface area contributed by atoms with E-state index in [-0.39, 0.29) is 11.3 Å². The molecule has 5 heteroatoms. The van der Waals surface area contributed by atoms with Crippen molar-refractivity contribution in [3.63, 3.8) is 0 Å². The smallest absolute Gasteiger partial charge is 0.295 e. The van der Waals surface area contributed by atoms with Crippen molar-refractivity contribution in [2.45, 2.75) is 46.1 Å². The van der Waals surface area contributed by atoms with Gasteiger partial charge in [0.25, 0.3) is 11.7 Å². The van der Waals surface area contributed by atoms with Crippen molar-refractivity contribution in [3.8, 4) is 0 Å². The van der Waals surface area contributed by atoms with Gasteiger partial charge in [-0.1, -0.05) is 43.5 Å². The number of carbonyl (C=O) groups is 2. The Morgan fingerprint density at radius 3 is 2.63 bits per heavy atom. The van der Waals surface area contributed by atoms with E-state index in [0.29, 0.717) is 12.1 Å². The van der Waals surface area contributed by atoms with Gasteiger partial charge in [0.1, 0.15) is 5.76 Å². The second-order valence-corrected chi connectivity index (χ2v) is 8.01. The van der Waals surface area contributed by atoms with E-state index in [4.69, 9.17) is 0 Å². The highest BCUT2D eigenvalue weighted by Gasteiger charge is 2.46. The van der Waals surface area contributed by atoms with Gasteiger partial charge >= 0.3 is 0 Å². The standard InChI is InChI=1S/C22H25NO3S/c1-4-5-6-11-23-19(17-8-7-12-27-17)18(21(25)22(23)26)20(24)16-13-14(2)9-10-15(16)3/h7-10,12-13,19,24H,4-6,11H2,1-3H3/b20-18-. The third-order valence-electron chi connectivity index (χ3n) is 5.00. The molecular formula is C22H25NO3S. The van der Waals surface area contributed by atoms with Crippen molar-refractivity contribution in [2.75, 3.05) is 6.54 Å². The number of benzene rings is 1. The molecule has 1 aliphatic heterocycles. The normalized spacial score (nSPS) is 19.1. The van der Waals surface area contributed by atoms with Crippen molar-refractivity contribution in [2.24, 2.45) is 0 Å². The minimum atomic E-state index is -0.594. The average molecular weight is 384 g/mol. The van der Waals surface area contributed by atoms with E-state index in [1.54, 1.807) is 4.90 Å². The fourth-order valence-electron chi connectivity index (χ4n) is 3.52. The zero-order valence-electron chi connectivity index (χ0n) is 16.0. The first-order valence-electron chi connectivity index (χ1n) is 9.35. The summed E-state index contributed by atoms with van der Waals surface area (Å²) >= 11 is 1.50. The molecular weight excluding hydrogens is 358 g/mol. The maximum atomic E-state index is 12.9. The minimum Gasteiger partial charge on any atom is -0.507 e. The van der Waals surface area contributed by atoms with Crippen LogP contribution in [-0.2, 0) is 9.59 Å². The van der Waals surface area contributed by atoms with Crippen LogP contribution >= 0.6 is 11.3 Å². The Morgan fingerprint density at radius 1 is 1.19 bits per heavy atom. The highest BCUT2D eigenvalue weighted by Crippen LogP contribution is 2.41. The van der Waals surface area contributed by atoms with Crippen LogP contribution in [0.2, 0.25) is 0 Å². The van der Waals surface area contributed by atoms with E-state index >= 15 is 0 Å². The van der Waals surface area contributed by atoms with Crippen LogP contribution in [0.3, 0.4) is 0 Å². The molecule has 0 spiro atoms. The molecule has 1 aromatic heterocycles. The van der Waals surface area contributed by atoms with Crippen LogP contribution in [0.1, 0.15) is 53.8 Å². The van der Waals surface area contributed by atoms with Gasteiger partial charge in [0.05, 0.1) is 11.6 Å². The Kier molecular flexibility index (Phi) is 5.80. The molecule has 0 saturated carbocycles. The van der Waals surface area contributed by atoms with Crippen LogP contribution in [0.5, 0.6) is 0 Å². The number of ketones is 1. The summed E-state index contributed by atoms with van der Waals surface area (Å²) in [6.45, 7) is 6.46. The molecule has 4 nitrogen and oxygen atoms in total. The van der Waals surface area contributed by atoms with E-state index in [2.05, 4.69) is 6.92 Å². The SMILES string of the molecule is CCCCCN1C(=O)C(=O)/C(=C(\O)c2cc(C)ccc2C)C1c1cccs1. The predicted octanol–water partition coefficient (Wildman–Crippen LogP) is 4.98. The number of hydrogen-bond donors (Lipinski definition) is 1. The summed E-state index contributed by atoms with van der Waals surface area (Å²) in [6, 6.07) is 9.06. The number of aliphatic hydroxyl groups is 1. The Morgan fingerprint density at radius 2 is 1.96 bits per heavy atom. The van der Waals surface area contributed by atoms with E-state index in [1.165, 1.54) is 11.3 Å². The van der Waals surface area contributed by atoms with Gasteiger partial charge in [0.15, 0.2) is 0 Å². The number of likely N-dealkylation sites (tertiary alicyclic amines) is 1. The summed E-state index contributed by atoms with van der Waals surface area (Å²) in [4.78, 5) is 28.1. The lowest BCUT2D eigenvalue weighted by atomic mass is 9.96. The molecule has 3 rings (SSSR count). The summed E-state index contributed by atoms with van der Waals surface area (Å²) < 4.78 is 0. The van der Waals surface area contributed by atoms with Gasteiger partial charge in [-0.2, -0.15) is 0 Å². The van der Waals surface area contributed by atoms with E-state index < -0.39 is 17.7 Å². The first-order valence-corrected chi connectivity index (χ1v) is 10.2. The average Bonchev–Trinajstić information content (AvgIpc) is 3.25. The Balaban J connectivity index is 2.12. The maximum absolute atomic E-state index is 12.9. The zero-order valence-corrected chi connectivity index (χ0v) is 16.8. The van der Waals surface area contributed by atoms with Gasteiger partial charge in [-0.05, 0) is 43.3 Å². The van der Waals surface area contributed by atoms with Gasteiger partial charge in [-0.15, -0.1) is 11.3 Å². The molecule has 1 amide bonds. The molecule has 2 heterocycles. The zero-order chi connectivity index (χ0) is 19.6. The van der Waals surface area contributed by atoms with Crippen molar-refractivity contribution in [1.29, 1.82) is 0 Å². The fourth-order valence-corrected chi connectivity index (χ4v) is 4.37. The van der Waals surface area contributed by atoms with Crippen LogP contribution in [0.4, 0.5) is 0 Å². The monoisotopic (exact) mass is 383 g/mol. The van der Waals surface area contributed by atoms with Crippen molar-refractivity contribution in [3.05, 3.63) is 62.9 Å². The maximum Gasteiger partial charge on any atom is 0.295 e. The van der Waals surface area contributed by atoms with Gasteiger partial charge in [0, 0.05) is 17.0 Å². The summed E-state index contributed by atoms with van der Waals surface area (Å²) in [5.74, 6) is -1.19. The Bertz CT molecular complexity index is 883. The predicted molar refractivity (Wildman–Crippen MR) is 109 cm³/mol. The van der Waals surface area contributed by atoms with E-state index in [0.717, 1.165) is 35.3 Å². The van der Waals surface area contributed by atoms with Gasteiger partial charge in [-0.25, -0.2) is 0 Å². The molecule has 1 N–H and O–H groups in total. The van der Waals surface area contributed by atoms with E-state index in [1.807, 2.05) is 49.6 Å². The quantitative estimate of drug-likeness (QED) is 0.331. The lowest BCUT2D eigenvalue weighted by Gasteiger charge is -2.24. The number of nitrogens with zero attached hydrogens (tertiary/aromatic N) is 1. The number of unbranched alkanes of at least 4 members (excludes halogenated alkanes) is 2. The topological polar surface area (TPSA) is 57.6 Å². The molecule has 0 bridgehead atoms. The largest absolute Gasteiger partial charge is 0.507 e. The molecule has 1 saturated heterocycles.